The summed E-state index contributed by atoms with van der Waals surface area (Å²) in [4.78, 5) is 37.9. The molecule has 5 heteroatoms. The molecule has 0 saturated heterocycles. The highest BCUT2D eigenvalue weighted by Crippen LogP contribution is 2.44. The molecule has 0 amide bonds. The van der Waals surface area contributed by atoms with E-state index in [1.54, 1.807) is 31.2 Å². The fraction of sp³-hybridized carbons (Fsp3) is 0.115. The molecular weight excluding hydrogens is 392 g/mol. The largest absolute Gasteiger partial charge is 0.465 e. The lowest BCUT2D eigenvalue weighted by Crippen LogP contribution is -2.21. The first kappa shape index (κ1) is 19.0. The van der Waals surface area contributed by atoms with Crippen LogP contribution in [-0.2, 0) is 4.74 Å². The number of carbonyl (C=O) groups is 3. The molecule has 0 N–H and O–H groups in total. The van der Waals surface area contributed by atoms with Crippen LogP contribution < -0.4 is 0 Å². The SMILES string of the molecule is COC(=O)c1ccc(-c2oc3c(c2C)C(=O)C(=O)c2c-3ccc3c(C)cccc23)cc1. The summed E-state index contributed by atoms with van der Waals surface area (Å²) in [6.45, 7) is 3.75. The lowest BCUT2D eigenvalue weighted by Gasteiger charge is -2.16. The molecule has 5 nitrogen and oxygen atoms in total. The maximum Gasteiger partial charge on any atom is 0.337 e. The number of carbonyl (C=O) groups excluding carboxylic acids is 3. The van der Waals surface area contributed by atoms with Crippen LogP contribution in [0.2, 0.25) is 0 Å². The van der Waals surface area contributed by atoms with Gasteiger partial charge in [-0.1, -0.05) is 36.4 Å². The van der Waals surface area contributed by atoms with Crippen molar-refractivity contribution in [1.29, 1.82) is 0 Å². The third-order valence-corrected chi connectivity index (χ3v) is 5.90. The molecule has 1 heterocycles. The number of methoxy groups -OCH3 is 1. The van der Waals surface area contributed by atoms with Crippen LogP contribution in [0.1, 0.15) is 42.2 Å². The molecule has 0 bridgehead atoms. The molecule has 152 valence electrons. The minimum Gasteiger partial charge on any atom is -0.465 e. The molecule has 1 aliphatic rings. The number of fused-ring (bicyclic) bond motifs is 5. The van der Waals surface area contributed by atoms with E-state index in [0.717, 1.165) is 16.3 Å². The maximum atomic E-state index is 13.1. The Labute approximate surface area is 178 Å². The van der Waals surface area contributed by atoms with Crippen LogP contribution in [0.5, 0.6) is 0 Å². The van der Waals surface area contributed by atoms with Gasteiger partial charge in [0.15, 0.2) is 0 Å². The average Bonchev–Trinajstić information content (AvgIpc) is 3.14. The van der Waals surface area contributed by atoms with Crippen molar-refractivity contribution in [3.8, 4) is 22.6 Å². The summed E-state index contributed by atoms with van der Waals surface area (Å²) in [5.41, 5.74) is 4.08. The van der Waals surface area contributed by atoms with Crippen molar-refractivity contribution in [2.75, 3.05) is 7.11 Å². The fourth-order valence-electron chi connectivity index (χ4n) is 4.30. The summed E-state index contributed by atoms with van der Waals surface area (Å²) in [5, 5.41) is 1.69. The Hall–Kier alpha value is -3.99. The summed E-state index contributed by atoms with van der Waals surface area (Å²) in [5.74, 6) is -0.600. The van der Waals surface area contributed by atoms with Gasteiger partial charge in [0.1, 0.15) is 11.5 Å². The lowest BCUT2D eigenvalue weighted by atomic mass is 9.83. The van der Waals surface area contributed by atoms with Gasteiger partial charge in [0.2, 0.25) is 11.6 Å². The van der Waals surface area contributed by atoms with Gasteiger partial charge in [0, 0.05) is 22.3 Å². The first-order valence-electron chi connectivity index (χ1n) is 9.86. The zero-order valence-electron chi connectivity index (χ0n) is 17.2. The Bertz CT molecular complexity index is 1420. The number of esters is 1. The molecule has 0 spiro atoms. The van der Waals surface area contributed by atoms with Crippen LogP contribution >= 0.6 is 0 Å². The van der Waals surface area contributed by atoms with E-state index in [4.69, 9.17) is 9.15 Å². The quantitative estimate of drug-likeness (QED) is 0.320. The minimum absolute atomic E-state index is 0.302. The van der Waals surface area contributed by atoms with Crippen molar-refractivity contribution in [2.45, 2.75) is 13.8 Å². The van der Waals surface area contributed by atoms with E-state index in [0.29, 0.717) is 44.9 Å². The second-order valence-corrected chi connectivity index (χ2v) is 7.65. The second kappa shape index (κ2) is 6.77. The monoisotopic (exact) mass is 410 g/mol. The van der Waals surface area contributed by atoms with E-state index >= 15 is 0 Å². The molecular formula is C26H18O5. The molecule has 0 unspecified atom stereocenters. The van der Waals surface area contributed by atoms with Crippen molar-refractivity contribution in [3.05, 3.63) is 82.4 Å². The van der Waals surface area contributed by atoms with E-state index in [-0.39, 0.29) is 0 Å². The number of rotatable bonds is 2. The molecule has 0 radical (unpaired) electrons. The van der Waals surface area contributed by atoms with Crippen molar-refractivity contribution >= 4 is 28.3 Å². The van der Waals surface area contributed by atoms with Crippen LogP contribution in [-0.4, -0.2) is 24.6 Å². The van der Waals surface area contributed by atoms with E-state index in [9.17, 15) is 14.4 Å². The highest BCUT2D eigenvalue weighted by Gasteiger charge is 2.37. The Kier molecular flexibility index (Phi) is 4.15. The smallest absolute Gasteiger partial charge is 0.337 e. The second-order valence-electron chi connectivity index (χ2n) is 7.65. The molecule has 0 fully saturated rings. The van der Waals surface area contributed by atoms with E-state index < -0.39 is 17.5 Å². The molecule has 1 aliphatic carbocycles. The number of ketones is 2. The first-order valence-corrected chi connectivity index (χ1v) is 9.86. The van der Waals surface area contributed by atoms with Gasteiger partial charge in [-0.15, -0.1) is 0 Å². The molecule has 0 aliphatic heterocycles. The average molecular weight is 410 g/mol. The third-order valence-electron chi connectivity index (χ3n) is 5.90. The Morgan fingerprint density at radius 2 is 1.52 bits per heavy atom. The van der Waals surface area contributed by atoms with Crippen LogP contribution in [0.4, 0.5) is 0 Å². The predicted molar refractivity (Wildman–Crippen MR) is 117 cm³/mol. The summed E-state index contributed by atoms with van der Waals surface area (Å²) < 4.78 is 10.9. The number of hydrogen-bond acceptors (Lipinski definition) is 5. The van der Waals surface area contributed by atoms with Gasteiger partial charge in [0.05, 0.1) is 18.2 Å². The van der Waals surface area contributed by atoms with E-state index in [1.165, 1.54) is 7.11 Å². The molecule has 0 atom stereocenters. The number of hydrogen-bond donors (Lipinski definition) is 0. The Morgan fingerprint density at radius 3 is 2.23 bits per heavy atom. The minimum atomic E-state index is -0.560. The zero-order valence-corrected chi connectivity index (χ0v) is 17.2. The molecule has 3 aromatic carbocycles. The number of ether oxygens (including phenoxy) is 1. The standard InChI is InChI=1S/C26H18O5/c1-13-5-4-6-18-17(13)11-12-19-21(18)23(28)22(27)20-14(2)24(31-25(19)20)15-7-9-16(10-8-15)26(29)30-3/h4-12H,1-3H3. The van der Waals surface area contributed by atoms with Crippen molar-refractivity contribution in [2.24, 2.45) is 0 Å². The number of benzene rings is 3. The Morgan fingerprint density at radius 1 is 0.806 bits per heavy atom. The van der Waals surface area contributed by atoms with Gasteiger partial charge in [-0.2, -0.15) is 0 Å². The van der Waals surface area contributed by atoms with Crippen LogP contribution in [0.15, 0.2) is 59.0 Å². The third kappa shape index (κ3) is 2.66. The van der Waals surface area contributed by atoms with Gasteiger partial charge in [-0.25, -0.2) is 4.79 Å². The predicted octanol–water partition coefficient (Wildman–Crippen LogP) is 5.55. The lowest BCUT2D eigenvalue weighted by molar-refractivity contribution is 0.0600. The van der Waals surface area contributed by atoms with Crippen molar-refractivity contribution in [3.63, 3.8) is 0 Å². The van der Waals surface area contributed by atoms with Gasteiger partial charge < -0.3 is 9.15 Å². The summed E-state index contributed by atoms with van der Waals surface area (Å²) in [6, 6.07) is 16.3. The van der Waals surface area contributed by atoms with Gasteiger partial charge in [-0.3, -0.25) is 9.59 Å². The topological polar surface area (TPSA) is 73.6 Å². The van der Waals surface area contributed by atoms with Crippen molar-refractivity contribution in [1.82, 2.24) is 0 Å². The van der Waals surface area contributed by atoms with Crippen molar-refractivity contribution < 1.29 is 23.5 Å². The summed E-state index contributed by atoms with van der Waals surface area (Å²) in [6.07, 6.45) is 0. The molecule has 5 rings (SSSR count). The molecule has 1 aromatic heterocycles. The fourth-order valence-corrected chi connectivity index (χ4v) is 4.30. The van der Waals surface area contributed by atoms with Crippen LogP contribution in [0.3, 0.4) is 0 Å². The molecule has 31 heavy (non-hydrogen) atoms. The van der Waals surface area contributed by atoms with Crippen LogP contribution in [0, 0.1) is 13.8 Å². The highest BCUT2D eigenvalue weighted by molar-refractivity contribution is 6.54. The Balaban J connectivity index is 1.73. The molecule has 0 saturated carbocycles. The van der Waals surface area contributed by atoms with Gasteiger partial charge in [-0.05, 0) is 48.4 Å². The number of Topliss-reactive ketones (excluding diaryl/α,β-unsaturated/α-hetero) is 2. The van der Waals surface area contributed by atoms with E-state index in [2.05, 4.69) is 0 Å². The van der Waals surface area contributed by atoms with Gasteiger partial charge in [0.25, 0.3) is 0 Å². The first-order chi connectivity index (χ1) is 14.9. The highest BCUT2D eigenvalue weighted by atomic mass is 16.5. The molecule has 4 aromatic rings. The summed E-state index contributed by atoms with van der Waals surface area (Å²) >= 11 is 0. The normalized spacial score (nSPS) is 12.6. The maximum absolute atomic E-state index is 13.1. The number of furan rings is 1. The zero-order chi connectivity index (χ0) is 21.9. The number of aryl methyl sites for hydroxylation is 1. The van der Waals surface area contributed by atoms with E-state index in [1.807, 2.05) is 37.3 Å². The van der Waals surface area contributed by atoms with Crippen LogP contribution in [0.25, 0.3) is 33.4 Å². The van der Waals surface area contributed by atoms with Gasteiger partial charge >= 0.3 is 5.97 Å². The summed E-state index contributed by atoms with van der Waals surface area (Å²) in [7, 11) is 1.33.